The summed E-state index contributed by atoms with van der Waals surface area (Å²) >= 11 is 5.86. The number of hydrogen-bond acceptors (Lipinski definition) is 6. The number of sulfonamides is 1. The highest BCUT2D eigenvalue weighted by Gasteiger charge is 2.35. The van der Waals surface area contributed by atoms with Crippen LogP contribution in [0.4, 0.5) is 5.69 Å². The Labute approximate surface area is 174 Å². The number of rotatable bonds is 4. The van der Waals surface area contributed by atoms with Gasteiger partial charge >= 0.3 is 0 Å². The Balaban J connectivity index is 1.86. The van der Waals surface area contributed by atoms with Crippen LogP contribution >= 0.6 is 11.6 Å². The van der Waals surface area contributed by atoms with Gasteiger partial charge in [-0.25, -0.2) is 8.42 Å². The molecule has 10 heteroatoms. The lowest BCUT2D eigenvalue weighted by Crippen LogP contribution is -2.48. The van der Waals surface area contributed by atoms with Crippen LogP contribution in [0.3, 0.4) is 0 Å². The van der Waals surface area contributed by atoms with Gasteiger partial charge in [0.25, 0.3) is 5.91 Å². The second kappa shape index (κ2) is 8.16. The molecule has 2 aromatic rings. The lowest BCUT2D eigenvalue weighted by Gasteiger charge is -2.34. The molecule has 1 aliphatic rings. The largest absolute Gasteiger partial charge is 0.455 e. The van der Waals surface area contributed by atoms with Crippen molar-refractivity contribution >= 4 is 33.2 Å². The number of carbonyl (C=O) groups is 1. The maximum absolute atomic E-state index is 13.1. The molecule has 0 unspecified atom stereocenters. The van der Waals surface area contributed by atoms with Gasteiger partial charge in [0.15, 0.2) is 5.76 Å². The first kappa shape index (κ1) is 21.3. The van der Waals surface area contributed by atoms with Crippen molar-refractivity contribution in [3.63, 3.8) is 0 Å². The SMILES string of the molecule is Cc1oc(C(=O)Nc2ccc(Cl)cc2C#N)cc1S(=O)(=O)N1C[C@@H](C)O[C@H](C)C1. The second-order valence-corrected chi connectivity index (χ2v) is 9.21. The van der Waals surface area contributed by atoms with Gasteiger partial charge in [0, 0.05) is 24.2 Å². The van der Waals surface area contributed by atoms with E-state index >= 15 is 0 Å². The highest BCUT2D eigenvalue weighted by atomic mass is 35.5. The zero-order valence-electron chi connectivity index (χ0n) is 16.1. The molecular formula is C19H20ClN3O5S. The molecule has 1 aliphatic heterocycles. The standard InChI is InChI=1S/C19H20ClN3O5S/c1-11-9-23(10-12(2)27-11)29(25,26)18-7-17(28-13(18)3)19(24)22-16-5-4-15(20)6-14(16)8-21/h4-7,11-12H,9-10H2,1-3H3,(H,22,24)/t11-,12-/m1/s1. The Morgan fingerprint density at radius 1 is 1.28 bits per heavy atom. The lowest BCUT2D eigenvalue weighted by molar-refractivity contribution is -0.0441. The molecule has 1 N–H and O–H groups in total. The predicted molar refractivity (Wildman–Crippen MR) is 106 cm³/mol. The van der Waals surface area contributed by atoms with E-state index in [2.05, 4.69) is 5.32 Å². The molecule has 2 atom stereocenters. The number of anilines is 1. The summed E-state index contributed by atoms with van der Waals surface area (Å²) in [4.78, 5) is 12.5. The van der Waals surface area contributed by atoms with E-state index in [-0.39, 0.29) is 53.0 Å². The fourth-order valence-electron chi connectivity index (χ4n) is 3.20. The Morgan fingerprint density at radius 2 is 1.93 bits per heavy atom. The third kappa shape index (κ3) is 4.46. The lowest BCUT2D eigenvalue weighted by atomic mass is 10.2. The average molecular weight is 438 g/mol. The summed E-state index contributed by atoms with van der Waals surface area (Å²) in [5, 5.41) is 12.1. The number of hydrogen-bond donors (Lipinski definition) is 1. The minimum Gasteiger partial charge on any atom is -0.455 e. The van der Waals surface area contributed by atoms with Crippen molar-refractivity contribution in [3.8, 4) is 6.07 Å². The van der Waals surface area contributed by atoms with E-state index < -0.39 is 15.9 Å². The van der Waals surface area contributed by atoms with Gasteiger partial charge in [-0.1, -0.05) is 11.6 Å². The molecule has 154 valence electrons. The number of nitrogens with zero attached hydrogens (tertiary/aromatic N) is 2. The van der Waals surface area contributed by atoms with Crippen LogP contribution in [-0.4, -0.2) is 43.9 Å². The van der Waals surface area contributed by atoms with E-state index in [1.165, 1.54) is 35.5 Å². The summed E-state index contributed by atoms with van der Waals surface area (Å²) in [5.41, 5.74) is 0.425. The molecule has 2 heterocycles. The number of halogens is 1. The zero-order chi connectivity index (χ0) is 21.3. The first-order valence-electron chi connectivity index (χ1n) is 8.89. The number of furan rings is 1. The van der Waals surface area contributed by atoms with Crippen molar-refractivity contribution in [1.82, 2.24) is 4.31 Å². The Morgan fingerprint density at radius 3 is 2.55 bits per heavy atom. The number of aryl methyl sites for hydroxylation is 1. The number of morpholine rings is 1. The fourth-order valence-corrected chi connectivity index (χ4v) is 5.12. The van der Waals surface area contributed by atoms with Crippen molar-refractivity contribution in [2.75, 3.05) is 18.4 Å². The second-order valence-electron chi connectivity index (χ2n) is 6.87. The molecule has 1 aromatic carbocycles. The van der Waals surface area contributed by atoms with Crippen LogP contribution in [0.5, 0.6) is 0 Å². The molecule has 0 radical (unpaired) electrons. The van der Waals surface area contributed by atoms with E-state index in [9.17, 15) is 18.5 Å². The first-order valence-corrected chi connectivity index (χ1v) is 10.7. The van der Waals surface area contributed by atoms with Crippen molar-refractivity contribution in [3.05, 3.63) is 46.4 Å². The van der Waals surface area contributed by atoms with Crippen LogP contribution in [0.1, 0.15) is 35.7 Å². The van der Waals surface area contributed by atoms with Gasteiger partial charge in [0.2, 0.25) is 10.0 Å². The molecular weight excluding hydrogens is 418 g/mol. The third-order valence-electron chi connectivity index (χ3n) is 4.45. The van der Waals surface area contributed by atoms with Crippen molar-refractivity contribution < 1.29 is 22.4 Å². The van der Waals surface area contributed by atoms with Crippen LogP contribution in [-0.2, 0) is 14.8 Å². The van der Waals surface area contributed by atoms with E-state index in [1.54, 1.807) is 13.8 Å². The maximum Gasteiger partial charge on any atom is 0.291 e. The molecule has 0 bridgehead atoms. The van der Waals surface area contributed by atoms with Gasteiger partial charge in [0.05, 0.1) is 23.5 Å². The number of benzene rings is 1. The quantitative estimate of drug-likeness (QED) is 0.786. The molecule has 1 saturated heterocycles. The molecule has 1 aromatic heterocycles. The summed E-state index contributed by atoms with van der Waals surface area (Å²) in [6, 6.07) is 7.58. The monoisotopic (exact) mass is 437 g/mol. The van der Waals surface area contributed by atoms with Gasteiger partial charge in [0.1, 0.15) is 16.7 Å². The summed E-state index contributed by atoms with van der Waals surface area (Å²) in [7, 11) is -3.85. The zero-order valence-corrected chi connectivity index (χ0v) is 17.7. The van der Waals surface area contributed by atoms with E-state index in [4.69, 9.17) is 20.8 Å². The van der Waals surface area contributed by atoms with Crippen LogP contribution in [0.15, 0.2) is 33.6 Å². The number of nitrogens with one attached hydrogen (secondary N) is 1. The molecule has 0 aliphatic carbocycles. The number of carbonyl (C=O) groups excluding carboxylic acids is 1. The Bertz CT molecular complexity index is 1080. The molecule has 1 fully saturated rings. The molecule has 0 spiro atoms. The van der Waals surface area contributed by atoms with Gasteiger partial charge in [-0.2, -0.15) is 9.57 Å². The minimum atomic E-state index is -3.85. The Kier molecular flexibility index (Phi) is 6.00. The number of ether oxygens (including phenoxy) is 1. The van der Waals surface area contributed by atoms with Crippen molar-refractivity contribution in [2.45, 2.75) is 37.9 Å². The highest BCUT2D eigenvalue weighted by molar-refractivity contribution is 7.89. The van der Waals surface area contributed by atoms with Crippen molar-refractivity contribution in [1.29, 1.82) is 5.26 Å². The number of nitriles is 1. The molecule has 29 heavy (non-hydrogen) atoms. The van der Waals surface area contributed by atoms with E-state index in [0.717, 1.165) is 0 Å². The average Bonchev–Trinajstić information content (AvgIpc) is 3.05. The summed E-state index contributed by atoms with van der Waals surface area (Å²) in [6.45, 7) is 5.53. The number of amides is 1. The summed E-state index contributed by atoms with van der Waals surface area (Å²) in [6.07, 6.45) is -0.476. The van der Waals surface area contributed by atoms with E-state index in [1.807, 2.05) is 6.07 Å². The smallest absolute Gasteiger partial charge is 0.291 e. The topological polar surface area (TPSA) is 113 Å². The summed E-state index contributed by atoms with van der Waals surface area (Å²) in [5.74, 6) is -0.732. The fraction of sp³-hybridized carbons (Fsp3) is 0.368. The normalized spacial score (nSPS) is 20.2. The van der Waals surface area contributed by atoms with Gasteiger partial charge in [-0.3, -0.25) is 4.79 Å². The van der Waals surface area contributed by atoms with Gasteiger partial charge in [-0.05, 0) is 39.0 Å². The van der Waals surface area contributed by atoms with E-state index in [0.29, 0.717) is 5.02 Å². The third-order valence-corrected chi connectivity index (χ3v) is 6.62. The molecule has 3 rings (SSSR count). The van der Waals surface area contributed by atoms with Crippen LogP contribution in [0.2, 0.25) is 5.02 Å². The summed E-state index contributed by atoms with van der Waals surface area (Å²) < 4.78 is 38.4. The molecule has 0 saturated carbocycles. The van der Waals surface area contributed by atoms with Crippen LogP contribution in [0.25, 0.3) is 0 Å². The van der Waals surface area contributed by atoms with Crippen molar-refractivity contribution in [2.24, 2.45) is 0 Å². The maximum atomic E-state index is 13.1. The highest BCUT2D eigenvalue weighted by Crippen LogP contribution is 2.27. The van der Waals surface area contributed by atoms with Gasteiger partial charge < -0.3 is 14.5 Å². The van der Waals surface area contributed by atoms with Gasteiger partial charge in [-0.15, -0.1) is 0 Å². The van der Waals surface area contributed by atoms with Crippen LogP contribution < -0.4 is 5.32 Å². The first-order chi connectivity index (χ1) is 13.6. The Hall–Kier alpha value is -2.38. The van der Waals surface area contributed by atoms with Crippen LogP contribution in [0, 0.1) is 18.3 Å². The minimum absolute atomic E-state index is 0.0689. The molecule has 8 nitrogen and oxygen atoms in total. The molecule has 1 amide bonds. The predicted octanol–water partition coefficient (Wildman–Crippen LogP) is 3.16.